The summed E-state index contributed by atoms with van der Waals surface area (Å²) in [5, 5.41) is 12.7. The van der Waals surface area contributed by atoms with Crippen molar-refractivity contribution >= 4 is 88.0 Å². The van der Waals surface area contributed by atoms with E-state index in [1.165, 1.54) is 76.1 Å². The molecule has 0 N–H and O–H groups in total. The molecule has 10 aromatic carbocycles. The molecule has 268 valence electrons. The van der Waals surface area contributed by atoms with Crippen LogP contribution in [-0.2, 0) is 0 Å². The SMILES string of the molecule is Cc1cccc(N(c2cccc(C)c2)c2ccc3c(c2)c2ccccc2c2c4ccc(N(c5cccc(C)c5)c5cccc(C)c5)cc4c4ccccc4c32)c1. The Morgan fingerprint density at radius 2 is 0.518 bits per heavy atom. The maximum absolute atomic E-state index is 2.41. The van der Waals surface area contributed by atoms with E-state index < -0.39 is 0 Å². The standard InChI is InChI=1S/C54H42N2/c1-35-13-9-17-39(29-35)55(40-18-10-14-36(2)30-40)43-25-27-49-51(33-43)45-21-5-7-23-47(45)54-50-28-26-44(34-52(50)46-22-6-8-24-48(46)53(49)54)56(41-19-11-15-37(3)31-41)42-20-12-16-38(4)32-42/h5-34H,1-4H3. The Morgan fingerprint density at radius 3 is 0.839 bits per heavy atom. The van der Waals surface area contributed by atoms with Crippen molar-refractivity contribution in [1.82, 2.24) is 0 Å². The van der Waals surface area contributed by atoms with Crippen molar-refractivity contribution in [1.29, 1.82) is 0 Å². The Kier molecular flexibility index (Phi) is 8.08. The second kappa shape index (κ2) is 13.4. The van der Waals surface area contributed by atoms with Crippen LogP contribution in [0.4, 0.5) is 34.1 Å². The first-order valence-electron chi connectivity index (χ1n) is 19.5. The minimum atomic E-state index is 1.14. The van der Waals surface area contributed by atoms with Gasteiger partial charge in [-0.1, -0.05) is 109 Å². The summed E-state index contributed by atoms with van der Waals surface area (Å²) < 4.78 is 0. The molecule has 10 aromatic rings. The summed E-state index contributed by atoms with van der Waals surface area (Å²) in [5.41, 5.74) is 11.8. The summed E-state index contributed by atoms with van der Waals surface area (Å²) >= 11 is 0. The van der Waals surface area contributed by atoms with Gasteiger partial charge in [0.15, 0.2) is 0 Å². The fraction of sp³-hybridized carbons (Fsp3) is 0.0741. The van der Waals surface area contributed by atoms with Crippen LogP contribution in [-0.4, -0.2) is 0 Å². The topological polar surface area (TPSA) is 6.48 Å². The third-order valence-electron chi connectivity index (χ3n) is 11.3. The van der Waals surface area contributed by atoms with Gasteiger partial charge in [-0.15, -0.1) is 0 Å². The van der Waals surface area contributed by atoms with Crippen LogP contribution in [0.2, 0.25) is 0 Å². The summed E-state index contributed by atoms with van der Waals surface area (Å²) in [4.78, 5) is 4.79. The van der Waals surface area contributed by atoms with Crippen molar-refractivity contribution in [2.45, 2.75) is 27.7 Å². The number of hydrogen-bond acceptors (Lipinski definition) is 2. The monoisotopic (exact) mass is 718 g/mol. The van der Waals surface area contributed by atoms with Gasteiger partial charge in [0.25, 0.3) is 0 Å². The van der Waals surface area contributed by atoms with Gasteiger partial charge in [-0.2, -0.15) is 0 Å². The first-order valence-corrected chi connectivity index (χ1v) is 19.5. The average molecular weight is 719 g/mol. The zero-order valence-electron chi connectivity index (χ0n) is 32.2. The van der Waals surface area contributed by atoms with Gasteiger partial charge in [0, 0.05) is 34.1 Å². The molecule has 0 fully saturated rings. The van der Waals surface area contributed by atoms with Crippen molar-refractivity contribution in [2.75, 3.05) is 9.80 Å². The van der Waals surface area contributed by atoms with Crippen LogP contribution >= 0.6 is 0 Å². The van der Waals surface area contributed by atoms with Crippen molar-refractivity contribution in [3.8, 4) is 0 Å². The van der Waals surface area contributed by atoms with Gasteiger partial charge in [-0.25, -0.2) is 0 Å². The van der Waals surface area contributed by atoms with Gasteiger partial charge < -0.3 is 9.80 Å². The van der Waals surface area contributed by atoms with E-state index in [2.05, 4.69) is 219 Å². The summed E-state index contributed by atoms with van der Waals surface area (Å²) in [6.07, 6.45) is 0. The lowest BCUT2D eigenvalue weighted by molar-refractivity contribution is 1.26. The van der Waals surface area contributed by atoms with Crippen molar-refractivity contribution in [2.24, 2.45) is 0 Å². The Hall–Kier alpha value is -6.90. The molecule has 0 amide bonds. The quantitative estimate of drug-likeness (QED) is 0.158. The van der Waals surface area contributed by atoms with Crippen LogP contribution in [0, 0.1) is 27.7 Å². The molecule has 0 saturated heterocycles. The third kappa shape index (κ3) is 5.65. The Bertz CT molecular complexity index is 2850. The predicted octanol–water partition coefficient (Wildman–Crippen LogP) is 15.6. The molecule has 0 unspecified atom stereocenters. The molecule has 56 heavy (non-hydrogen) atoms. The molecule has 0 aliphatic rings. The lowest BCUT2D eigenvalue weighted by Crippen LogP contribution is -2.10. The molecule has 0 aromatic heterocycles. The van der Waals surface area contributed by atoms with E-state index in [4.69, 9.17) is 0 Å². The minimum absolute atomic E-state index is 1.14. The van der Waals surface area contributed by atoms with E-state index in [1.54, 1.807) is 0 Å². The van der Waals surface area contributed by atoms with Crippen LogP contribution in [0.5, 0.6) is 0 Å². The highest BCUT2D eigenvalue weighted by molar-refractivity contribution is 6.39. The molecule has 0 bridgehead atoms. The number of benzene rings is 10. The first kappa shape index (κ1) is 33.7. The molecular weight excluding hydrogens is 677 g/mol. The fourth-order valence-electron chi connectivity index (χ4n) is 8.89. The maximum Gasteiger partial charge on any atom is 0.0468 e. The van der Waals surface area contributed by atoms with Crippen molar-refractivity contribution < 1.29 is 0 Å². The second-order valence-corrected chi connectivity index (χ2v) is 15.3. The number of aryl methyl sites for hydroxylation is 4. The van der Waals surface area contributed by atoms with Crippen LogP contribution < -0.4 is 9.80 Å². The van der Waals surface area contributed by atoms with Crippen LogP contribution in [0.15, 0.2) is 182 Å². The molecule has 0 atom stereocenters. The predicted molar refractivity (Wildman–Crippen MR) is 242 cm³/mol. The molecule has 0 radical (unpaired) electrons. The Labute approximate surface area is 328 Å². The molecule has 0 saturated carbocycles. The number of fused-ring (bicyclic) bond motifs is 11. The highest BCUT2D eigenvalue weighted by Crippen LogP contribution is 2.47. The molecule has 0 heterocycles. The molecule has 0 spiro atoms. The number of hydrogen-bond donors (Lipinski definition) is 0. The van der Waals surface area contributed by atoms with E-state index in [9.17, 15) is 0 Å². The molecular formula is C54H42N2. The number of nitrogens with zero attached hydrogens (tertiary/aromatic N) is 2. The fourth-order valence-corrected chi connectivity index (χ4v) is 8.89. The molecule has 0 aliphatic carbocycles. The number of anilines is 6. The van der Waals surface area contributed by atoms with Gasteiger partial charge in [0.2, 0.25) is 0 Å². The summed E-state index contributed by atoms with van der Waals surface area (Å²) in [6.45, 7) is 8.66. The van der Waals surface area contributed by atoms with Crippen LogP contribution in [0.1, 0.15) is 22.3 Å². The summed E-state index contributed by atoms with van der Waals surface area (Å²) in [7, 11) is 0. The minimum Gasteiger partial charge on any atom is -0.310 e. The van der Waals surface area contributed by atoms with Gasteiger partial charge in [-0.05, 0) is 177 Å². The average Bonchev–Trinajstić information content (AvgIpc) is 3.21. The van der Waals surface area contributed by atoms with E-state index in [1.807, 2.05) is 0 Å². The van der Waals surface area contributed by atoms with E-state index >= 15 is 0 Å². The molecule has 2 heteroatoms. The lowest BCUT2D eigenvalue weighted by Gasteiger charge is -2.27. The van der Waals surface area contributed by atoms with Crippen LogP contribution in [0.3, 0.4) is 0 Å². The van der Waals surface area contributed by atoms with E-state index in [0.29, 0.717) is 0 Å². The zero-order chi connectivity index (χ0) is 37.9. The number of rotatable bonds is 6. The molecule has 2 nitrogen and oxygen atoms in total. The maximum atomic E-state index is 2.41. The van der Waals surface area contributed by atoms with E-state index in [0.717, 1.165) is 34.1 Å². The smallest absolute Gasteiger partial charge is 0.0468 e. The van der Waals surface area contributed by atoms with Crippen molar-refractivity contribution in [3.05, 3.63) is 204 Å². The second-order valence-electron chi connectivity index (χ2n) is 15.3. The Balaban J connectivity index is 1.27. The van der Waals surface area contributed by atoms with Gasteiger partial charge in [0.1, 0.15) is 0 Å². The summed E-state index contributed by atoms with van der Waals surface area (Å²) in [6, 6.07) is 67.4. The Morgan fingerprint density at radius 1 is 0.232 bits per heavy atom. The van der Waals surface area contributed by atoms with Gasteiger partial charge in [0.05, 0.1) is 0 Å². The largest absolute Gasteiger partial charge is 0.310 e. The van der Waals surface area contributed by atoms with E-state index in [-0.39, 0.29) is 0 Å². The third-order valence-corrected chi connectivity index (χ3v) is 11.3. The van der Waals surface area contributed by atoms with Crippen LogP contribution in [0.25, 0.3) is 53.9 Å². The van der Waals surface area contributed by atoms with Gasteiger partial charge >= 0.3 is 0 Å². The van der Waals surface area contributed by atoms with Crippen molar-refractivity contribution in [3.63, 3.8) is 0 Å². The highest BCUT2D eigenvalue weighted by atomic mass is 15.1. The molecule has 10 rings (SSSR count). The summed E-state index contributed by atoms with van der Waals surface area (Å²) in [5.74, 6) is 0. The highest BCUT2D eigenvalue weighted by Gasteiger charge is 2.21. The zero-order valence-corrected chi connectivity index (χ0v) is 32.2. The first-order chi connectivity index (χ1) is 27.4. The lowest BCUT2D eigenvalue weighted by atomic mass is 9.87. The van der Waals surface area contributed by atoms with Gasteiger partial charge in [-0.3, -0.25) is 0 Å². The normalized spacial score (nSPS) is 11.6. The molecule has 0 aliphatic heterocycles.